The highest BCUT2D eigenvalue weighted by atomic mass is 16.5. The standard InChI is InChI=1S/C23H25NO5/c25-16(14-24-22(26)20-8-4-5-9-21(20)23(24)27)15-28-17-10-12-19(13-11-17)29-18-6-2-1-3-7-18/h1-3,6-7,10-13,16,20-21,25H,4-5,8-9,14-15H2. The first kappa shape index (κ1) is 19.5. The number of fused-ring (bicyclic) bond motifs is 1. The fraction of sp³-hybridized carbons (Fsp3) is 0.391. The van der Waals surface area contributed by atoms with E-state index in [9.17, 15) is 14.7 Å². The van der Waals surface area contributed by atoms with Crippen molar-refractivity contribution >= 4 is 11.8 Å². The normalized spacial score (nSPS) is 22.3. The van der Waals surface area contributed by atoms with E-state index in [1.54, 1.807) is 24.3 Å². The topological polar surface area (TPSA) is 76.1 Å². The molecule has 1 N–H and O–H groups in total. The summed E-state index contributed by atoms with van der Waals surface area (Å²) in [6, 6.07) is 16.6. The van der Waals surface area contributed by atoms with Gasteiger partial charge in [0.05, 0.1) is 18.4 Å². The van der Waals surface area contributed by atoms with E-state index in [2.05, 4.69) is 0 Å². The molecule has 1 aliphatic heterocycles. The molecule has 0 radical (unpaired) electrons. The molecule has 0 spiro atoms. The van der Waals surface area contributed by atoms with Crippen LogP contribution in [0.25, 0.3) is 0 Å². The minimum absolute atomic E-state index is 0.00524. The number of hydrogen-bond acceptors (Lipinski definition) is 5. The average molecular weight is 395 g/mol. The molecule has 6 nitrogen and oxygen atoms in total. The maximum atomic E-state index is 12.5. The Balaban J connectivity index is 1.28. The molecule has 3 unspecified atom stereocenters. The molecule has 2 amide bonds. The van der Waals surface area contributed by atoms with Crippen molar-refractivity contribution in [3.05, 3.63) is 54.6 Å². The van der Waals surface area contributed by atoms with E-state index < -0.39 is 6.10 Å². The summed E-state index contributed by atoms with van der Waals surface area (Å²) in [5.74, 6) is 1.35. The number of ether oxygens (including phenoxy) is 2. The number of nitrogens with zero attached hydrogens (tertiary/aromatic N) is 1. The van der Waals surface area contributed by atoms with Gasteiger partial charge in [-0.1, -0.05) is 31.0 Å². The lowest BCUT2D eigenvalue weighted by Crippen LogP contribution is -2.40. The van der Waals surface area contributed by atoms with E-state index in [1.165, 1.54) is 4.90 Å². The monoisotopic (exact) mass is 395 g/mol. The Kier molecular flexibility index (Phi) is 5.81. The third-order valence-electron chi connectivity index (χ3n) is 5.57. The fourth-order valence-corrected chi connectivity index (χ4v) is 4.10. The molecule has 1 saturated heterocycles. The van der Waals surface area contributed by atoms with Gasteiger partial charge in [0.1, 0.15) is 30.0 Å². The molecule has 2 aliphatic rings. The zero-order chi connectivity index (χ0) is 20.2. The van der Waals surface area contributed by atoms with Crippen LogP contribution in [-0.4, -0.2) is 41.1 Å². The lowest BCUT2D eigenvalue weighted by molar-refractivity contribution is -0.141. The molecule has 2 aromatic carbocycles. The number of imide groups is 1. The minimum atomic E-state index is -0.928. The Morgan fingerprint density at radius 3 is 2.03 bits per heavy atom. The molecule has 29 heavy (non-hydrogen) atoms. The van der Waals surface area contributed by atoms with Crippen molar-refractivity contribution in [1.82, 2.24) is 4.90 Å². The molecule has 1 saturated carbocycles. The highest BCUT2D eigenvalue weighted by molar-refractivity contribution is 6.05. The van der Waals surface area contributed by atoms with E-state index in [0.29, 0.717) is 11.5 Å². The van der Waals surface area contributed by atoms with Crippen molar-refractivity contribution in [2.45, 2.75) is 31.8 Å². The van der Waals surface area contributed by atoms with Crippen molar-refractivity contribution in [2.75, 3.05) is 13.2 Å². The molecular formula is C23H25NO5. The SMILES string of the molecule is O=C1C2CCCCC2C(=O)N1CC(O)COc1ccc(Oc2ccccc2)cc1. The Bertz CT molecular complexity index is 827. The number of rotatable bonds is 7. The predicted molar refractivity (Wildman–Crippen MR) is 107 cm³/mol. The van der Waals surface area contributed by atoms with Crippen LogP contribution in [0.5, 0.6) is 17.2 Å². The van der Waals surface area contributed by atoms with Crippen LogP contribution in [0.4, 0.5) is 0 Å². The Morgan fingerprint density at radius 1 is 0.862 bits per heavy atom. The number of amides is 2. The fourth-order valence-electron chi connectivity index (χ4n) is 4.10. The summed E-state index contributed by atoms with van der Waals surface area (Å²) in [4.78, 5) is 26.2. The van der Waals surface area contributed by atoms with Gasteiger partial charge in [-0.2, -0.15) is 0 Å². The van der Waals surface area contributed by atoms with Crippen LogP contribution < -0.4 is 9.47 Å². The van der Waals surface area contributed by atoms with E-state index in [0.717, 1.165) is 31.4 Å². The van der Waals surface area contributed by atoms with E-state index in [1.807, 2.05) is 30.3 Å². The van der Waals surface area contributed by atoms with Gasteiger partial charge < -0.3 is 14.6 Å². The molecule has 1 aliphatic carbocycles. The molecule has 0 bridgehead atoms. The zero-order valence-corrected chi connectivity index (χ0v) is 16.2. The van der Waals surface area contributed by atoms with Crippen LogP contribution in [0.1, 0.15) is 25.7 Å². The Labute approximate surface area is 170 Å². The van der Waals surface area contributed by atoms with Crippen LogP contribution in [0.15, 0.2) is 54.6 Å². The summed E-state index contributed by atoms with van der Waals surface area (Å²) in [6.45, 7) is -0.00878. The molecule has 152 valence electrons. The van der Waals surface area contributed by atoms with Crippen LogP contribution >= 0.6 is 0 Å². The maximum absolute atomic E-state index is 12.5. The van der Waals surface area contributed by atoms with E-state index in [4.69, 9.17) is 9.47 Å². The van der Waals surface area contributed by atoms with Crippen molar-refractivity contribution in [3.8, 4) is 17.2 Å². The second-order valence-corrected chi connectivity index (χ2v) is 7.64. The van der Waals surface area contributed by atoms with Gasteiger partial charge in [0, 0.05) is 0 Å². The third kappa shape index (κ3) is 4.43. The predicted octanol–water partition coefficient (Wildman–Crippen LogP) is 3.39. The molecule has 2 fully saturated rings. The first-order valence-electron chi connectivity index (χ1n) is 10.1. The largest absolute Gasteiger partial charge is 0.491 e. The molecule has 6 heteroatoms. The summed E-state index contributed by atoms with van der Waals surface area (Å²) < 4.78 is 11.3. The summed E-state index contributed by atoms with van der Waals surface area (Å²) in [6.07, 6.45) is 2.60. The number of hydrogen-bond donors (Lipinski definition) is 1. The van der Waals surface area contributed by atoms with Crippen molar-refractivity contribution in [1.29, 1.82) is 0 Å². The third-order valence-corrected chi connectivity index (χ3v) is 5.57. The lowest BCUT2D eigenvalue weighted by atomic mass is 9.81. The molecular weight excluding hydrogens is 370 g/mol. The second-order valence-electron chi connectivity index (χ2n) is 7.64. The number of benzene rings is 2. The molecule has 0 aromatic heterocycles. The van der Waals surface area contributed by atoms with E-state index >= 15 is 0 Å². The van der Waals surface area contributed by atoms with Gasteiger partial charge in [-0.15, -0.1) is 0 Å². The van der Waals surface area contributed by atoms with Crippen LogP contribution in [0, 0.1) is 11.8 Å². The van der Waals surface area contributed by atoms with Gasteiger partial charge in [0.25, 0.3) is 0 Å². The number of β-amino-alcohol motifs (C(OH)–C–C–N with tert-alkyl or cyclic N) is 1. The first-order valence-corrected chi connectivity index (χ1v) is 10.1. The molecule has 4 rings (SSSR count). The summed E-state index contributed by atoms with van der Waals surface area (Å²) in [7, 11) is 0. The summed E-state index contributed by atoms with van der Waals surface area (Å²) in [5.41, 5.74) is 0. The van der Waals surface area contributed by atoms with Crippen LogP contribution in [0.3, 0.4) is 0 Å². The maximum Gasteiger partial charge on any atom is 0.233 e. The minimum Gasteiger partial charge on any atom is -0.491 e. The summed E-state index contributed by atoms with van der Waals surface area (Å²) in [5, 5.41) is 10.3. The molecule has 1 heterocycles. The van der Waals surface area contributed by atoms with Gasteiger partial charge in [-0.25, -0.2) is 0 Å². The molecule has 2 aromatic rings. The second kappa shape index (κ2) is 8.66. The van der Waals surface area contributed by atoms with Crippen LogP contribution in [0.2, 0.25) is 0 Å². The molecule has 3 atom stereocenters. The van der Waals surface area contributed by atoms with Crippen molar-refractivity contribution < 1.29 is 24.2 Å². The quantitative estimate of drug-likeness (QED) is 0.728. The number of carbonyl (C=O) groups is 2. The summed E-state index contributed by atoms with van der Waals surface area (Å²) >= 11 is 0. The van der Waals surface area contributed by atoms with Gasteiger partial charge in [0.15, 0.2) is 0 Å². The first-order chi connectivity index (χ1) is 14.1. The van der Waals surface area contributed by atoms with Crippen molar-refractivity contribution in [3.63, 3.8) is 0 Å². The Morgan fingerprint density at radius 2 is 1.41 bits per heavy atom. The number of carbonyl (C=O) groups excluding carboxylic acids is 2. The average Bonchev–Trinajstić information content (AvgIpc) is 2.99. The number of aliphatic hydroxyl groups is 1. The van der Waals surface area contributed by atoms with Crippen molar-refractivity contribution in [2.24, 2.45) is 11.8 Å². The number of aliphatic hydroxyl groups excluding tert-OH is 1. The van der Waals surface area contributed by atoms with Gasteiger partial charge in [0.2, 0.25) is 11.8 Å². The smallest absolute Gasteiger partial charge is 0.233 e. The van der Waals surface area contributed by atoms with Crippen LogP contribution in [-0.2, 0) is 9.59 Å². The van der Waals surface area contributed by atoms with Gasteiger partial charge in [-0.05, 0) is 49.2 Å². The highest BCUT2D eigenvalue weighted by Crippen LogP contribution is 2.38. The van der Waals surface area contributed by atoms with Gasteiger partial charge in [-0.3, -0.25) is 14.5 Å². The van der Waals surface area contributed by atoms with Gasteiger partial charge >= 0.3 is 0 Å². The van der Waals surface area contributed by atoms with E-state index in [-0.39, 0.29) is 36.8 Å². The highest BCUT2D eigenvalue weighted by Gasteiger charge is 2.48. The Hall–Kier alpha value is -2.86. The number of likely N-dealkylation sites (tertiary alicyclic amines) is 1. The zero-order valence-electron chi connectivity index (χ0n) is 16.2. The lowest BCUT2D eigenvalue weighted by Gasteiger charge is -2.19. The number of para-hydroxylation sites is 1.